The van der Waals surface area contributed by atoms with Crippen LogP contribution in [0.2, 0.25) is 0 Å². The van der Waals surface area contributed by atoms with Crippen LogP contribution in [0.25, 0.3) is 0 Å². The Labute approximate surface area is 147 Å². The van der Waals surface area contributed by atoms with E-state index in [1.165, 1.54) is 0 Å². The van der Waals surface area contributed by atoms with Crippen LogP contribution in [0.3, 0.4) is 0 Å². The van der Waals surface area contributed by atoms with E-state index in [2.05, 4.69) is 4.74 Å². The SMILES string of the molecule is O=C([O-])CC(O)(CC(=O)[O-])C(=O)OCCO.[Na+].[Na+]. The predicted octanol–water partition coefficient (Wildman–Crippen LogP) is -10.5. The minimum absolute atomic E-state index is 0. The molecule has 0 aromatic rings. The number of carboxylic acids is 2. The Morgan fingerprint density at radius 2 is 1.44 bits per heavy atom. The van der Waals surface area contributed by atoms with Gasteiger partial charge in [0.2, 0.25) is 0 Å². The molecule has 0 saturated carbocycles. The largest absolute Gasteiger partial charge is 1.00 e. The van der Waals surface area contributed by atoms with Gasteiger partial charge in [-0.05, 0) is 0 Å². The molecule has 0 aliphatic carbocycles. The second-order valence-electron chi connectivity index (χ2n) is 2.99. The third-order valence-corrected chi connectivity index (χ3v) is 1.58. The van der Waals surface area contributed by atoms with Gasteiger partial charge in [0.1, 0.15) is 6.61 Å². The van der Waals surface area contributed by atoms with Gasteiger partial charge in [0.05, 0.1) is 6.61 Å². The average Bonchev–Trinajstić information content (AvgIpc) is 2.11. The summed E-state index contributed by atoms with van der Waals surface area (Å²) in [6, 6.07) is 0. The number of aliphatic carboxylic acids is 2. The molecule has 0 unspecified atom stereocenters. The summed E-state index contributed by atoms with van der Waals surface area (Å²) in [7, 11) is 0. The first-order valence-corrected chi connectivity index (χ1v) is 4.22. The first-order chi connectivity index (χ1) is 7.31. The molecular formula is C8H10Na2O8. The summed E-state index contributed by atoms with van der Waals surface area (Å²) >= 11 is 0. The van der Waals surface area contributed by atoms with E-state index in [1.54, 1.807) is 0 Å². The maximum Gasteiger partial charge on any atom is 1.00 e. The number of hydrogen-bond acceptors (Lipinski definition) is 8. The number of carboxylic acid groups (broad SMARTS) is 2. The van der Waals surface area contributed by atoms with E-state index in [0.717, 1.165) is 0 Å². The number of esters is 1. The summed E-state index contributed by atoms with van der Waals surface area (Å²) in [6.45, 7) is -1.03. The topological polar surface area (TPSA) is 147 Å². The number of carbonyl (C=O) groups is 3. The molecule has 0 radical (unpaired) electrons. The standard InChI is InChI=1S/C8H12O8.2Na/c9-1-2-16-7(14)8(15,3-5(10)11)4-6(12)13;;/h9,15H,1-4H2,(H,10,11)(H,12,13);;/q;2*+1/p-2. The van der Waals surface area contributed by atoms with Crippen molar-refractivity contribution in [2.24, 2.45) is 0 Å². The van der Waals surface area contributed by atoms with Crippen LogP contribution in [0.4, 0.5) is 0 Å². The molecule has 8 nitrogen and oxygen atoms in total. The van der Waals surface area contributed by atoms with Crippen LogP contribution >= 0.6 is 0 Å². The number of rotatable bonds is 7. The van der Waals surface area contributed by atoms with Gasteiger partial charge in [-0.25, -0.2) is 4.79 Å². The van der Waals surface area contributed by atoms with Gasteiger partial charge in [0.15, 0.2) is 5.60 Å². The van der Waals surface area contributed by atoms with Crippen molar-refractivity contribution in [3.8, 4) is 0 Å². The van der Waals surface area contributed by atoms with Crippen molar-refractivity contribution in [3.05, 3.63) is 0 Å². The fraction of sp³-hybridized carbons (Fsp3) is 0.625. The summed E-state index contributed by atoms with van der Waals surface area (Å²) in [5, 5.41) is 38.2. The average molecular weight is 280 g/mol. The van der Waals surface area contributed by atoms with E-state index < -0.39 is 49.6 Å². The van der Waals surface area contributed by atoms with Gasteiger partial charge in [-0.1, -0.05) is 0 Å². The van der Waals surface area contributed by atoms with Crippen LogP contribution in [0.15, 0.2) is 0 Å². The molecule has 0 saturated heterocycles. The smallest absolute Gasteiger partial charge is 0.550 e. The monoisotopic (exact) mass is 280 g/mol. The molecule has 0 fully saturated rings. The molecule has 0 aliphatic rings. The van der Waals surface area contributed by atoms with Crippen molar-refractivity contribution in [2.75, 3.05) is 13.2 Å². The molecule has 92 valence electrons. The predicted molar refractivity (Wildman–Crippen MR) is 42.2 cm³/mol. The van der Waals surface area contributed by atoms with Gasteiger partial charge in [0.25, 0.3) is 0 Å². The van der Waals surface area contributed by atoms with Crippen molar-refractivity contribution < 1.29 is 98.7 Å². The molecule has 0 spiro atoms. The quantitative estimate of drug-likeness (QED) is 0.345. The zero-order valence-electron chi connectivity index (χ0n) is 10.2. The van der Waals surface area contributed by atoms with Gasteiger partial charge in [-0.3, -0.25) is 0 Å². The van der Waals surface area contributed by atoms with Crippen LogP contribution < -0.4 is 69.3 Å². The second-order valence-corrected chi connectivity index (χ2v) is 2.99. The van der Waals surface area contributed by atoms with Crippen LogP contribution in [-0.2, 0) is 19.1 Å². The number of carbonyl (C=O) groups excluding carboxylic acids is 3. The molecule has 0 atom stereocenters. The summed E-state index contributed by atoms with van der Waals surface area (Å²) in [4.78, 5) is 31.6. The number of ether oxygens (including phenoxy) is 1. The molecule has 0 bridgehead atoms. The van der Waals surface area contributed by atoms with E-state index in [4.69, 9.17) is 5.11 Å². The molecule has 0 amide bonds. The Hall–Kier alpha value is 0.330. The molecule has 0 rings (SSSR count). The van der Waals surface area contributed by atoms with Gasteiger partial charge in [-0.15, -0.1) is 0 Å². The first-order valence-electron chi connectivity index (χ1n) is 4.22. The van der Waals surface area contributed by atoms with E-state index in [1.807, 2.05) is 0 Å². The van der Waals surface area contributed by atoms with E-state index in [0.29, 0.717) is 0 Å². The Morgan fingerprint density at radius 1 is 1.06 bits per heavy atom. The zero-order valence-corrected chi connectivity index (χ0v) is 14.2. The van der Waals surface area contributed by atoms with Gasteiger partial charge < -0.3 is 34.8 Å². The van der Waals surface area contributed by atoms with Gasteiger partial charge in [-0.2, -0.15) is 0 Å². The maximum absolute atomic E-state index is 11.1. The summed E-state index contributed by atoms with van der Waals surface area (Å²) in [6.07, 6.45) is -2.46. The number of aliphatic hydroxyl groups excluding tert-OH is 1. The normalized spacial score (nSPS) is 9.67. The summed E-state index contributed by atoms with van der Waals surface area (Å²) < 4.78 is 4.24. The van der Waals surface area contributed by atoms with E-state index in [9.17, 15) is 29.7 Å². The molecule has 2 N–H and O–H groups in total. The Balaban J connectivity index is -0.00000112. The minimum Gasteiger partial charge on any atom is -0.550 e. The van der Waals surface area contributed by atoms with Crippen LogP contribution in [-0.4, -0.2) is 46.9 Å². The second kappa shape index (κ2) is 11.2. The molecule has 0 aliphatic heterocycles. The van der Waals surface area contributed by atoms with Gasteiger partial charge in [0, 0.05) is 24.8 Å². The van der Waals surface area contributed by atoms with Crippen molar-refractivity contribution >= 4 is 17.9 Å². The third-order valence-electron chi connectivity index (χ3n) is 1.58. The molecule has 10 heteroatoms. The fourth-order valence-electron chi connectivity index (χ4n) is 0.957. The summed E-state index contributed by atoms with van der Waals surface area (Å²) in [5.74, 6) is -5.09. The fourth-order valence-corrected chi connectivity index (χ4v) is 0.957. The van der Waals surface area contributed by atoms with Crippen LogP contribution in [0.1, 0.15) is 12.8 Å². The van der Waals surface area contributed by atoms with Crippen molar-refractivity contribution in [3.63, 3.8) is 0 Å². The minimum atomic E-state index is -2.74. The molecule has 0 aromatic heterocycles. The third kappa shape index (κ3) is 9.29. The van der Waals surface area contributed by atoms with Crippen LogP contribution in [0.5, 0.6) is 0 Å². The maximum atomic E-state index is 11.1. The molecule has 0 heterocycles. The molecule has 0 aromatic carbocycles. The Bertz CT molecular complexity index is 277. The van der Waals surface area contributed by atoms with Gasteiger partial charge >= 0.3 is 65.1 Å². The van der Waals surface area contributed by atoms with Crippen molar-refractivity contribution in [2.45, 2.75) is 18.4 Å². The van der Waals surface area contributed by atoms with Crippen LogP contribution in [0, 0.1) is 0 Å². The van der Waals surface area contributed by atoms with E-state index >= 15 is 0 Å². The van der Waals surface area contributed by atoms with E-state index in [-0.39, 0.29) is 59.1 Å². The zero-order chi connectivity index (χ0) is 12.8. The Kier molecular flexibility index (Phi) is 14.6. The Morgan fingerprint density at radius 3 is 1.72 bits per heavy atom. The summed E-state index contributed by atoms with van der Waals surface area (Å²) in [5.41, 5.74) is -2.74. The molecular weight excluding hydrogens is 270 g/mol. The van der Waals surface area contributed by atoms with Crippen molar-refractivity contribution in [1.82, 2.24) is 0 Å². The van der Waals surface area contributed by atoms with Crippen molar-refractivity contribution in [1.29, 1.82) is 0 Å². The molecule has 18 heavy (non-hydrogen) atoms. The number of aliphatic hydroxyl groups is 2. The number of hydrogen-bond donors (Lipinski definition) is 2. The first kappa shape index (κ1) is 23.4.